The predicted octanol–water partition coefficient (Wildman–Crippen LogP) is 3.31. The monoisotopic (exact) mass is 286 g/mol. The molecular formula is C15H21F3N2. The summed E-state index contributed by atoms with van der Waals surface area (Å²) in [7, 11) is 1.93. The first-order chi connectivity index (χ1) is 9.41. The maximum absolute atomic E-state index is 12.7. The first-order valence-electron chi connectivity index (χ1n) is 6.97. The second kappa shape index (κ2) is 6.14. The molecule has 0 bridgehead atoms. The molecule has 0 amide bonds. The van der Waals surface area contributed by atoms with E-state index in [9.17, 15) is 13.2 Å². The molecule has 0 radical (unpaired) electrons. The fraction of sp³-hybridized carbons (Fsp3) is 0.600. The summed E-state index contributed by atoms with van der Waals surface area (Å²) in [6, 6.07) is 5.71. The molecule has 112 valence electrons. The van der Waals surface area contributed by atoms with Gasteiger partial charge in [-0.25, -0.2) is 0 Å². The third-order valence-electron chi connectivity index (χ3n) is 4.05. The van der Waals surface area contributed by atoms with Crippen LogP contribution in [0.15, 0.2) is 24.3 Å². The van der Waals surface area contributed by atoms with Crippen molar-refractivity contribution in [2.24, 2.45) is 5.92 Å². The van der Waals surface area contributed by atoms with Gasteiger partial charge in [0.05, 0.1) is 5.56 Å². The van der Waals surface area contributed by atoms with Gasteiger partial charge >= 0.3 is 6.18 Å². The van der Waals surface area contributed by atoms with Crippen LogP contribution in [0, 0.1) is 5.92 Å². The molecular weight excluding hydrogens is 265 g/mol. The van der Waals surface area contributed by atoms with Crippen LogP contribution in [0.5, 0.6) is 0 Å². The summed E-state index contributed by atoms with van der Waals surface area (Å²) in [5.41, 5.74) is 0.178. The molecule has 1 aliphatic heterocycles. The van der Waals surface area contributed by atoms with Gasteiger partial charge in [0.15, 0.2) is 0 Å². The van der Waals surface area contributed by atoms with Crippen molar-refractivity contribution in [3.05, 3.63) is 35.4 Å². The quantitative estimate of drug-likeness (QED) is 0.913. The molecule has 0 spiro atoms. The Morgan fingerprint density at radius 1 is 1.40 bits per heavy atom. The van der Waals surface area contributed by atoms with E-state index in [1.165, 1.54) is 12.1 Å². The minimum absolute atomic E-state index is 0.0270. The van der Waals surface area contributed by atoms with Crippen LogP contribution in [0.2, 0.25) is 0 Å². The third kappa shape index (κ3) is 3.52. The summed E-state index contributed by atoms with van der Waals surface area (Å²) in [6.45, 7) is 4.84. The maximum Gasteiger partial charge on any atom is 0.416 e. The molecule has 1 aromatic carbocycles. The lowest BCUT2D eigenvalue weighted by Gasteiger charge is -2.25. The number of nitrogens with one attached hydrogen (secondary N) is 1. The molecule has 0 saturated carbocycles. The molecule has 1 N–H and O–H groups in total. The number of benzene rings is 1. The van der Waals surface area contributed by atoms with Gasteiger partial charge in [0.2, 0.25) is 0 Å². The van der Waals surface area contributed by atoms with Crippen molar-refractivity contribution < 1.29 is 13.2 Å². The number of hydrogen-bond donors (Lipinski definition) is 1. The summed E-state index contributed by atoms with van der Waals surface area (Å²) < 4.78 is 38.2. The Morgan fingerprint density at radius 3 is 2.80 bits per heavy atom. The van der Waals surface area contributed by atoms with Gasteiger partial charge in [-0.05, 0) is 57.1 Å². The third-order valence-corrected chi connectivity index (χ3v) is 4.05. The van der Waals surface area contributed by atoms with Crippen molar-refractivity contribution in [1.29, 1.82) is 0 Å². The molecule has 2 atom stereocenters. The zero-order chi connectivity index (χ0) is 14.8. The number of rotatable bonds is 4. The highest BCUT2D eigenvalue weighted by molar-refractivity contribution is 5.27. The lowest BCUT2D eigenvalue weighted by atomic mass is 10.0. The molecule has 5 heteroatoms. The van der Waals surface area contributed by atoms with Crippen molar-refractivity contribution in [3.8, 4) is 0 Å². The number of halogens is 3. The highest BCUT2D eigenvalue weighted by atomic mass is 19.4. The lowest BCUT2D eigenvalue weighted by molar-refractivity contribution is -0.137. The molecule has 2 nitrogen and oxygen atoms in total. The fourth-order valence-corrected chi connectivity index (χ4v) is 2.86. The van der Waals surface area contributed by atoms with E-state index in [0.29, 0.717) is 5.92 Å². The first-order valence-corrected chi connectivity index (χ1v) is 6.97. The number of hydrogen-bond acceptors (Lipinski definition) is 2. The lowest BCUT2D eigenvalue weighted by Crippen LogP contribution is -2.27. The Kier molecular flexibility index (Phi) is 4.70. The summed E-state index contributed by atoms with van der Waals surface area (Å²) in [6.07, 6.45) is -3.17. The average molecular weight is 286 g/mol. The summed E-state index contributed by atoms with van der Waals surface area (Å²) in [4.78, 5) is 2.26. The molecule has 1 aromatic rings. The van der Waals surface area contributed by atoms with Crippen LogP contribution in [0.25, 0.3) is 0 Å². The highest BCUT2D eigenvalue weighted by Crippen LogP contribution is 2.33. The summed E-state index contributed by atoms with van der Waals surface area (Å²) in [5, 5.41) is 3.16. The fourth-order valence-electron chi connectivity index (χ4n) is 2.86. The van der Waals surface area contributed by atoms with E-state index in [-0.39, 0.29) is 6.04 Å². The van der Waals surface area contributed by atoms with Crippen LogP contribution in [-0.2, 0) is 6.18 Å². The van der Waals surface area contributed by atoms with Gasteiger partial charge < -0.3 is 5.32 Å². The van der Waals surface area contributed by atoms with Gasteiger partial charge in [-0.2, -0.15) is 13.2 Å². The van der Waals surface area contributed by atoms with Gasteiger partial charge in [0, 0.05) is 12.6 Å². The Morgan fingerprint density at radius 2 is 2.15 bits per heavy atom. The van der Waals surface area contributed by atoms with Gasteiger partial charge in [-0.3, -0.25) is 4.90 Å². The summed E-state index contributed by atoms with van der Waals surface area (Å²) in [5.74, 6) is 0.591. The second-order valence-corrected chi connectivity index (χ2v) is 5.51. The number of nitrogens with zero attached hydrogens (tertiary/aromatic N) is 1. The van der Waals surface area contributed by atoms with Crippen molar-refractivity contribution in [1.82, 2.24) is 10.2 Å². The summed E-state index contributed by atoms with van der Waals surface area (Å²) >= 11 is 0. The van der Waals surface area contributed by atoms with E-state index in [2.05, 4.69) is 10.2 Å². The molecule has 1 saturated heterocycles. The van der Waals surface area contributed by atoms with E-state index in [4.69, 9.17) is 0 Å². The standard InChI is InChI=1S/C15H21F3N2/c1-11(20-7-6-12(10-20)9-19-2)13-4-3-5-14(8-13)15(16,17)18/h3-5,8,11-12,19H,6-7,9-10H2,1-2H3. The zero-order valence-electron chi connectivity index (χ0n) is 11.9. The van der Waals surface area contributed by atoms with Crippen LogP contribution >= 0.6 is 0 Å². The van der Waals surface area contributed by atoms with Gasteiger partial charge in [-0.1, -0.05) is 12.1 Å². The average Bonchev–Trinajstić information content (AvgIpc) is 2.86. The van der Waals surface area contributed by atoms with Gasteiger partial charge in [-0.15, -0.1) is 0 Å². The number of likely N-dealkylation sites (tertiary alicyclic amines) is 1. The van der Waals surface area contributed by atoms with Crippen molar-refractivity contribution in [2.45, 2.75) is 25.6 Å². The molecule has 1 heterocycles. The Balaban J connectivity index is 2.08. The zero-order valence-corrected chi connectivity index (χ0v) is 11.9. The van der Waals surface area contributed by atoms with Crippen LogP contribution in [-0.4, -0.2) is 31.6 Å². The molecule has 0 aliphatic carbocycles. The Labute approximate surface area is 118 Å². The Hall–Kier alpha value is -1.07. The van der Waals surface area contributed by atoms with Crippen LogP contribution in [0.3, 0.4) is 0 Å². The highest BCUT2D eigenvalue weighted by Gasteiger charge is 2.32. The predicted molar refractivity (Wildman–Crippen MR) is 73.5 cm³/mol. The minimum atomic E-state index is -4.27. The Bertz CT molecular complexity index is 445. The molecule has 1 aliphatic rings. The molecule has 2 unspecified atom stereocenters. The second-order valence-electron chi connectivity index (χ2n) is 5.51. The van der Waals surface area contributed by atoms with E-state index in [1.807, 2.05) is 14.0 Å². The topological polar surface area (TPSA) is 15.3 Å². The number of alkyl halides is 3. The maximum atomic E-state index is 12.7. The van der Waals surface area contributed by atoms with Crippen LogP contribution < -0.4 is 5.32 Å². The van der Waals surface area contributed by atoms with E-state index in [1.54, 1.807) is 6.07 Å². The van der Waals surface area contributed by atoms with Crippen LogP contribution in [0.4, 0.5) is 13.2 Å². The van der Waals surface area contributed by atoms with Crippen LogP contribution in [0.1, 0.15) is 30.5 Å². The molecule has 2 rings (SSSR count). The molecule has 0 aromatic heterocycles. The smallest absolute Gasteiger partial charge is 0.319 e. The van der Waals surface area contributed by atoms with E-state index >= 15 is 0 Å². The first kappa shape index (κ1) is 15.3. The normalized spacial score (nSPS) is 22.1. The minimum Gasteiger partial charge on any atom is -0.319 e. The van der Waals surface area contributed by atoms with Crippen molar-refractivity contribution in [2.75, 3.05) is 26.7 Å². The van der Waals surface area contributed by atoms with E-state index in [0.717, 1.165) is 37.7 Å². The SMILES string of the molecule is CNCC1CCN(C(C)c2cccc(C(F)(F)F)c2)C1. The van der Waals surface area contributed by atoms with Crippen molar-refractivity contribution >= 4 is 0 Å². The van der Waals surface area contributed by atoms with Gasteiger partial charge in [0.1, 0.15) is 0 Å². The molecule has 1 fully saturated rings. The van der Waals surface area contributed by atoms with Gasteiger partial charge in [0.25, 0.3) is 0 Å². The van der Waals surface area contributed by atoms with E-state index < -0.39 is 11.7 Å². The van der Waals surface area contributed by atoms with Crippen molar-refractivity contribution in [3.63, 3.8) is 0 Å². The largest absolute Gasteiger partial charge is 0.416 e. The molecule has 20 heavy (non-hydrogen) atoms.